The molecule has 0 bridgehead atoms. The Balaban J connectivity index is 1.36. The van der Waals surface area contributed by atoms with Crippen molar-refractivity contribution in [2.24, 2.45) is 17.8 Å². The molecule has 0 radical (unpaired) electrons. The molecule has 1 aliphatic carbocycles. The van der Waals surface area contributed by atoms with Gasteiger partial charge in [0.2, 0.25) is 0 Å². The Morgan fingerprint density at radius 3 is 2.05 bits per heavy atom. The molecule has 39 heavy (non-hydrogen) atoms. The molecule has 1 fully saturated rings. The van der Waals surface area contributed by atoms with Crippen LogP contribution in [0.25, 0.3) is 0 Å². The zero-order valence-corrected chi connectivity index (χ0v) is 24.3. The average Bonchev–Trinajstić information content (AvgIpc) is 2.96. The van der Waals surface area contributed by atoms with Gasteiger partial charge in [-0.05, 0) is 92.5 Å². The molecule has 0 aromatic heterocycles. The summed E-state index contributed by atoms with van der Waals surface area (Å²) in [6, 6.07) is 13.7. The van der Waals surface area contributed by atoms with E-state index in [9.17, 15) is 9.59 Å². The first-order valence-electron chi connectivity index (χ1n) is 15.2. The van der Waals surface area contributed by atoms with Crippen LogP contribution in [-0.4, -0.2) is 18.5 Å². The van der Waals surface area contributed by atoms with Crippen molar-refractivity contribution in [1.82, 2.24) is 0 Å². The molecule has 3 rings (SSSR count). The van der Waals surface area contributed by atoms with E-state index < -0.39 is 5.97 Å². The minimum absolute atomic E-state index is 0.0218. The molecule has 0 aliphatic heterocycles. The van der Waals surface area contributed by atoms with Crippen LogP contribution in [0, 0.1) is 17.8 Å². The van der Waals surface area contributed by atoms with Gasteiger partial charge in [-0.25, -0.2) is 4.79 Å². The van der Waals surface area contributed by atoms with Crippen molar-refractivity contribution in [3.8, 4) is 17.2 Å². The maximum atomic E-state index is 12.6. The van der Waals surface area contributed by atoms with Gasteiger partial charge in [-0.15, -0.1) is 0 Å². The molecule has 1 aliphatic rings. The highest BCUT2D eigenvalue weighted by molar-refractivity contribution is 5.91. The molecule has 5 nitrogen and oxygen atoms in total. The second kappa shape index (κ2) is 17.0. The fourth-order valence-electron chi connectivity index (χ4n) is 5.16. The monoisotopic (exact) mass is 536 g/mol. The zero-order chi connectivity index (χ0) is 27.9. The third kappa shape index (κ3) is 11.1. The molecule has 0 heterocycles. The van der Waals surface area contributed by atoms with Crippen LogP contribution in [0.2, 0.25) is 0 Å². The van der Waals surface area contributed by atoms with Gasteiger partial charge in [0.05, 0.1) is 18.1 Å². The first-order valence-corrected chi connectivity index (χ1v) is 15.2. The highest BCUT2D eigenvalue weighted by atomic mass is 16.5. The number of carbonyl (C=O) groups is 2. The predicted octanol–water partition coefficient (Wildman–Crippen LogP) is 9.18. The number of benzene rings is 2. The van der Waals surface area contributed by atoms with Crippen molar-refractivity contribution in [1.29, 1.82) is 0 Å². The van der Waals surface area contributed by atoms with Gasteiger partial charge in [0, 0.05) is 0 Å². The van der Waals surface area contributed by atoms with E-state index in [4.69, 9.17) is 14.2 Å². The summed E-state index contributed by atoms with van der Waals surface area (Å²) >= 11 is 0. The highest BCUT2D eigenvalue weighted by Gasteiger charge is 2.27. The molecule has 2 aromatic carbocycles. The standard InChI is InChI=1S/C34H48O5/c1-4-6-8-12-27-13-15-28(16-14-27)33(35)38-31-21-23-32(24-22-31)39-34(36)29-17-19-30(20-18-29)37-25-10-7-9-11-26(3)5-2/h17-24,26-28H,4-16,25H2,1-3H3/t26-,27-,28-/m0/s1. The second-order valence-corrected chi connectivity index (χ2v) is 11.2. The lowest BCUT2D eigenvalue weighted by atomic mass is 9.80. The van der Waals surface area contributed by atoms with Crippen molar-refractivity contribution >= 4 is 11.9 Å². The van der Waals surface area contributed by atoms with Crippen LogP contribution < -0.4 is 14.2 Å². The largest absolute Gasteiger partial charge is 0.494 e. The van der Waals surface area contributed by atoms with E-state index in [0.29, 0.717) is 23.7 Å². The lowest BCUT2D eigenvalue weighted by Gasteiger charge is -2.27. The summed E-state index contributed by atoms with van der Waals surface area (Å²) in [5.74, 6) is 2.58. The predicted molar refractivity (Wildman–Crippen MR) is 156 cm³/mol. The maximum absolute atomic E-state index is 12.6. The lowest BCUT2D eigenvalue weighted by molar-refractivity contribution is -0.140. The van der Waals surface area contributed by atoms with Crippen LogP contribution in [-0.2, 0) is 4.79 Å². The Morgan fingerprint density at radius 2 is 1.41 bits per heavy atom. The van der Waals surface area contributed by atoms with E-state index in [1.165, 1.54) is 51.4 Å². The van der Waals surface area contributed by atoms with E-state index in [-0.39, 0.29) is 11.9 Å². The van der Waals surface area contributed by atoms with Gasteiger partial charge in [-0.1, -0.05) is 72.1 Å². The summed E-state index contributed by atoms with van der Waals surface area (Å²) in [5, 5.41) is 0. The number of hydrogen-bond donors (Lipinski definition) is 0. The Kier molecular flexibility index (Phi) is 13.4. The molecule has 0 spiro atoms. The molecular weight excluding hydrogens is 488 g/mol. The molecule has 214 valence electrons. The Labute approximate surface area is 235 Å². The minimum Gasteiger partial charge on any atom is -0.494 e. The summed E-state index contributed by atoms with van der Waals surface area (Å²) < 4.78 is 16.9. The van der Waals surface area contributed by atoms with Gasteiger partial charge in [-0.2, -0.15) is 0 Å². The van der Waals surface area contributed by atoms with Crippen LogP contribution in [0.1, 0.15) is 115 Å². The van der Waals surface area contributed by atoms with Crippen molar-refractivity contribution in [3.63, 3.8) is 0 Å². The fourth-order valence-corrected chi connectivity index (χ4v) is 5.16. The van der Waals surface area contributed by atoms with Gasteiger partial charge >= 0.3 is 11.9 Å². The summed E-state index contributed by atoms with van der Waals surface area (Å²) in [7, 11) is 0. The molecule has 1 saturated carbocycles. The van der Waals surface area contributed by atoms with Gasteiger partial charge in [0.15, 0.2) is 0 Å². The Bertz CT molecular complexity index is 974. The molecule has 0 saturated heterocycles. The molecular formula is C34H48O5. The normalized spacial score (nSPS) is 17.8. The van der Waals surface area contributed by atoms with Gasteiger partial charge in [0.25, 0.3) is 0 Å². The van der Waals surface area contributed by atoms with Crippen LogP contribution >= 0.6 is 0 Å². The Hall–Kier alpha value is -2.82. The highest BCUT2D eigenvalue weighted by Crippen LogP contribution is 2.33. The zero-order valence-electron chi connectivity index (χ0n) is 24.3. The average molecular weight is 537 g/mol. The number of esters is 2. The van der Waals surface area contributed by atoms with Crippen molar-refractivity contribution in [2.45, 2.75) is 104 Å². The topological polar surface area (TPSA) is 61.8 Å². The van der Waals surface area contributed by atoms with Crippen LogP contribution in [0.15, 0.2) is 48.5 Å². The van der Waals surface area contributed by atoms with Gasteiger partial charge in [-0.3, -0.25) is 4.79 Å². The molecule has 0 amide bonds. The smallest absolute Gasteiger partial charge is 0.343 e. The number of rotatable bonds is 16. The summed E-state index contributed by atoms with van der Waals surface area (Å²) in [6.07, 6.45) is 15.2. The quantitative estimate of drug-likeness (QED) is 0.122. The summed E-state index contributed by atoms with van der Waals surface area (Å²) in [4.78, 5) is 25.2. The third-order valence-corrected chi connectivity index (χ3v) is 8.05. The van der Waals surface area contributed by atoms with Crippen molar-refractivity contribution in [3.05, 3.63) is 54.1 Å². The van der Waals surface area contributed by atoms with Crippen LogP contribution in [0.3, 0.4) is 0 Å². The van der Waals surface area contributed by atoms with Gasteiger partial charge in [0.1, 0.15) is 17.2 Å². The van der Waals surface area contributed by atoms with E-state index in [1.54, 1.807) is 48.5 Å². The van der Waals surface area contributed by atoms with Gasteiger partial charge < -0.3 is 14.2 Å². The van der Waals surface area contributed by atoms with Crippen LogP contribution in [0.4, 0.5) is 0 Å². The third-order valence-electron chi connectivity index (χ3n) is 8.05. The van der Waals surface area contributed by atoms with E-state index in [0.717, 1.165) is 49.7 Å². The first kappa shape index (κ1) is 30.7. The molecule has 5 heteroatoms. The van der Waals surface area contributed by atoms with Crippen LogP contribution in [0.5, 0.6) is 17.2 Å². The summed E-state index contributed by atoms with van der Waals surface area (Å²) in [5.41, 5.74) is 0.455. The second-order valence-electron chi connectivity index (χ2n) is 11.2. The van der Waals surface area contributed by atoms with E-state index in [2.05, 4.69) is 20.8 Å². The number of ether oxygens (including phenoxy) is 3. The molecule has 1 atom stereocenters. The number of hydrogen-bond acceptors (Lipinski definition) is 5. The van der Waals surface area contributed by atoms with Crippen molar-refractivity contribution < 1.29 is 23.8 Å². The molecule has 0 unspecified atom stereocenters. The molecule has 2 aromatic rings. The Morgan fingerprint density at radius 1 is 0.769 bits per heavy atom. The minimum atomic E-state index is -0.438. The molecule has 0 N–H and O–H groups in total. The number of carbonyl (C=O) groups excluding carboxylic acids is 2. The first-order chi connectivity index (χ1) is 19.0. The van der Waals surface area contributed by atoms with E-state index >= 15 is 0 Å². The summed E-state index contributed by atoms with van der Waals surface area (Å²) in [6.45, 7) is 7.46. The fraction of sp³-hybridized carbons (Fsp3) is 0.588. The lowest BCUT2D eigenvalue weighted by Crippen LogP contribution is -2.25. The van der Waals surface area contributed by atoms with Crippen molar-refractivity contribution in [2.75, 3.05) is 6.61 Å². The maximum Gasteiger partial charge on any atom is 0.343 e. The number of unbranched alkanes of at least 4 members (excludes halogenated alkanes) is 4. The van der Waals surface area contributed by atoms with E-state index in [1.807, 2.05) is 0 Å². The SMILES string of the molecule is CCCCC[C@H]1CC[C@H](C(=O)Oc2ccc(OC(=O)c3ccc(OCCCCC[C@@H](C)CC)cc3)cc2)CC1.